The van der Waals surface area contributed by atoms with Gasteiger partial charge in [-0.15, -0.1) is 0 Å². The average Bonchev–Trinajstić information content (AvgIpc) is 2.57. The molecule has 1 amide bonds. The van der Waals surface area contributed by atoms with Gasteiger partial charge in [-0.1, -0.05) is 30.7 Å². The van der Waals surface area contributed by atoms with Crippen LogP contribution in [-0.2, 0) is 4.79 Å². The van der Waals surface area contributed by atoms with E-state index in [0.29, 0.717) is 40.9 Å². The molecule has 0 fully saturated rings. The zero-order valence-corrected chi connectivity index (χ0v) is 15.4. The topological polar surface area (TPSA) is 91.8 Å². The van der Waals surface area contributed by atoms with Gasteiger partial charge in [-0.25, -0.2) is 9.97 Å². The third-order valence-corrected chi connectivity index (χ3v) is 3.75. The maximum Gasteiger partial charge on any atom is 0.225 e. The van der Waals surface area contributed by atoms with Crippen molar-refractivity contribution in [3.05, 3.63) is 29.4 Å². The smallest absolute Gasteiger partial charge is 0.225 e. The second kappa shape index (κ2) is 8.62. The van der Waals surface area contributed by atoms with Crippen LogP contribution in [0.4, 0.5) is 11.8 Å². The van der Waals surface area contributed by atoms with Crippen LogP contribution < -0.4 is 16.0 Å². The van der Waals surface area contributed by atoms with Crippen LogP contribution in [0.15, 0.2) is 24.4 Å². The van der Waals surface area contributed by atoms with Crippen molar-refractivity contribution in [2.45, 2.75) is 33.2 Å². The summed E-state index contributed by atoms with van der Waals surface area (Å²) in [7, 11) is 0. The first-order valence-corrected chi connectivity index (χ1v) is 8.51. The molecule has 0 aliphatic rings. The summed E-state index contributed by atoms with van der Waals surface area (Å²) in [6.07, 6.45) is 2.44. The lowest BCUT2D eigenvalue weighted by Crippen LogP contribution is -2.33. The molecule has 2 aromatic heterocycles. The first-order valence-electron chi connectivity index (χ1n) is 8.13. The maximum atomic E-state index is 11.1. The average molecular weight is 363 g/mol. The first-order chi connectivity index (χ1) is 11.9. The van der Waals surface area contributed by atoms with E-state index in [1.165, 1.54) is 6.92 Å². The van der Waals surface area contributed by atoms with Gasteiger partial charge in [-0.3, -0.25) is 4.79 Å². The molecule has 2 rings (SSSR count). The van der Waals surface area contributed by atoms with E-state index < -0.39 is 0 Å². The largest absolute Gasteiger partial charge is 0.364 e. The molecule has 0 saturated carbocycles. The number of anilines is 2. The maximum absolute atomic E-state index is 11.1. The number of amides is 1. The van der Waals surface area contributed by atoms with Crippen LogP contribution in [0.2, 0.25) is 5.02 Å². The molecule has 0 aromatic carbocycles. The van der Waals surface area contributed by atoms with Crippen LogP contribution in [0.25, 0.3) is 11.0 Å². The van der Waals surface area contributed by atoms with Crippen molar-refractivity contribution in [3.63, 3.8) is 0 Å². The Hall–Kier alpha value is -2.41. The minimum absolute atomic E-state index is 0.0297. The number of halogens is 1. The van der Waals surface area contributed by atoms with Crippen molar-refractivity contribution < 1.29 is 4.79 Å². The zero-order chi connectivity index (χ0) is 18.4. The van der Waals surface area contributed by atoms with E-state index in [4.69, 9.17) is 11.6 Å². The van der Waals surface area contributed by atoms with Gasteiger partial charge in [0.05, 0.1) is 10.5 Å². The second-order valence-electron chi connectivity index (χ2n) is 5.86. The highest BCUT2D eigenvalue weighted by atomic mass is 35.5. The SMILES string of the molecule is C=C(CC)CNc1nc(NC(C)CNC(C)=O)c2ncc(Cl)cc2n1. The summed E-state index contributed by atoms with van der Waals surface area (Å²) in [5, 5.41) is 9.71. The third kappa shape index (κ3) is 5.56. The van der Waals surface area contributed by atoms with E-state index in [2.05, 4.69) is 37.5 Å². The summed E-state index contributed by atoms with van der Waals surface area (Å²) < 4.78 is 0. The fourth-order valence-electron chi connectivity index (χ4n) is 2.08. The highest BCUT2D eigenvalue weighted by Gasteiger charge is 2.12. The van der Waals surface area contributed by atoms with Crippen molar-refractivity contribution in [1.29, 1.82) is 0 Å². The Bertz CT molecular complexity index is 779. The van der Waals surface area contributed by atoms with Crippen molar-refractivity contribution >= 4 is 40.3 Å². The quantitative estimate of drug-likeness (QED) is 0.625. The summed E-state index contributed by atoms with van der Waals surface area (Å²) in [6.45, 7) is 10.5. The third-order valence-electron chi connectivity index (χ3n) is 3.54. The van der Waals surface area contributed by atoms with E-state index >= 15 is 0 Å². The molecule has 1 unspecified atom stereocenters. The molecular weight excluding hydrogens is 340 g/mol. The highest BCUT2D eigenvalue weighted by molar-refractivity contribution is 6.31. The number of aromatic nitrogens is 3. The van der Waals surface area contributed by atoms with Crippen LogP contribution in [0.5, 0.6) is 0 Å². The molecule has 0 radical (unpaired) electrons. The van der Waals surface area contributed by atoms with Crippen LogP contribution in [0.3, 0.4) is 0 Å². The molecule has 0 spiro atoms. The Morgan fingerprint density at radius 3 is 2.84 bits per heavy atom. The van der Waals surface area contributed by atoms with Crippen LogP contribution in [0, 0.1) is 0 Å². The van der Waals surface area contributed by atoms with Crippen molar-refractivity contribution in [2.24, 2.45) is 0 Å². The van der Waals surface area contributed by atoms with Gasteiger partial charge in [-0.2, -0.15) is 4.98 Å². The first kappa shape index (κ1) is 18.9. The molecule has 0 saturated heterocycles. The number of hydrogen-bond donors (Lipinski definition) is 3. The number of nitrogens with one attached hydrogen (secondary N) is 3. The molecule has 0 bridgehead atoms. The lowest BCUT2D eigenvalue weighted by molar-refractivity contribution is -0.118. The normalized spacial score (nSPS) is 11.8. The molecule has 0 aliphatic heterocycles. The van der Waals surface area contributed by atoms with Crippen LogP contribution in [-0.4, -0.2) is 40.0 Å². The number of hydrogen-bond acceptors (Lipinski definition) is 6. The molecule has 3 N–H and O–H groups in total. The summed E-state index contributed by atoms with van der Waals surface area (Å²) in [4.78, 5) is 24.4. The lowest BCUT2D eigenvalue weighted by atomic mass is 10.2. The zero-order valence-electron chi connectivity index (χ0n) is 14.7. The summed E-state index contributed by atoms with van der Waals surface area (Å²) in [6, 6.07) is 1.72. The predicted octanol–water partition coefficient (Wildman–Crippen LogP) is 2.99. The van der Waals surface area contributed by atoms with Crippen LogP contribution in [0.1, 0.15) is 27.2 Å². The van der Waals surface area contributed by atoms with Crippen molar-refractivity contribution in [3.8, 4) is 0 Å². The molecule has 7 nitrogen and oxygen atoms in total. The van der Waals surface area contributed by atoms with Crippen molar-refractivity contribution in [2.75, 3.05) is 23.7 Å². The van der Waals surface area contributed by atoms with Gasteiger partial charge in [0.15, 0.2) is 5.82 Å². The van der Waals surface area contributed by atoms with Crippen LogP contribution >= 0.6 is 11.6 Å². The monoisotopic (exact) mass is 362 g/mol. The van der Waals surface area contributed by atoms with Gasteiger partial charge in [0, 0.05) is 32.3 Å². The summed E-state index contributed by atoms with van der Waals surface area (Å²) >= 11 is 6.04. The van der Waals surface area contributed by atoms with E-state index in [1.54, 1.807) is 12.3 Å². The highest BCUT2D eigenvalue weighted by Crippen LogP contribution is 2.23. The van der Waals surface area contributed by atoms with E-state index in [-0.39, 0.29) is 11.9 Å². The molecule has 0 aliphatic carbocycles. The standard InChI is InChI=1S/C17H23ClN6O/c1-5-10(2)7-21-17-23-14-6-13(18)9-20-15(14)16(24-17)22-11(3)8-19-12(4)25/h6,9,11H,2,5,7-8H2,1,3-4H3,(H,19,25)(H2,21,22,23,24). The van der Waals surface area contributed by atoms with E-state index in [9.17, 15) is 4.79 Å². The number of fused-ring (bicyclic) bond motifs is 1. The van der Waals surface area contributed by atoms with E-state index in [0.717, 1.165) is 12.0 Å². The molecule has 1 atom stereocenters. The number of nitrogens with zero attached hydrogens (tertiary/aromatic N) is 3. The van der Waals surface area contributed by atoms with Gasteiger partial charge < -0.3 is 16.0 Å². The number of carbonyl (C=O) groups excluding carboxylic acids is 1. The molecule has 8 heteroatoms. The summed E-state index contributed by atoms with van der Waals surface area (Å²) in [5.41, 5.74) is 2.32. The van der Waals surface area contributed by atoms with Crippen molar-refractivity contribution in [1.82, 2.24) is 20.3 Å². The fraction of sp³-hybridized carbons (Fsp3) is 0.412. The van der Waals surface area contributed by atoms with Gasteiger partial charge in [0.2, 0.25) is 11.9 Å². The summed E-state index contributed by atoms with van der Waals surface area (Å²) in [5.74, 6) is 0.982. The Morgan fingerprint density at radius 1 is 1.40 bits per heavy atom. The Kier molecular flexibility index (Phi) is 6.52. The molecule has 25 heavy (non-hydrogen) atoms. The molecule has 2 heterocycles. The van der Waals surface area contributed by atoms with Gasteiger partial charge in [0.1, 0.15) is 5.52 Å². The second-order valence-corrected chi connectivity index (χ2v) is 6.29. The van der Waals surface area contributed by atoms with E-state index in [1.807, 2.05) is 13.8 Å². The minimum Gasteiger partial charge on any atom is -0.364 e. The molecular formula is C17H23ClN6O. The minimum atomic E-state index is -0.0773. The van der Waals surface area contributed by atoms with Gasteiger partial charge >= 0.3 is 0 Å². The number of rotatable bonds is 8. The lowest BCUT2D eigenvalue weighted by Gasteiger charge is -2.17. The molecule has 2 aromatic rings. The van der Waals surface area contributed by atoms with Gasteiger partial charge in [0.25, 0.3) is 0 Å². The Labute approximate surface area is 152 Å². The molecule has 134 valence electrons. The fourth-order valence-corrected chi connectivity index (χ4v) is 2.24. The number of carbonyl (C=O) groups is 1. The van der Waals surface area contributed by atoms with Gasteiger partial charge in [-0.05, 0) is 19.4 Å². The Morgan fingerprint density at radius 2 is 2.16 bits per heavy atom. The predicted molar refractivity (Wildman–Crippen MR) is 102 cm³/mol. The Balaban J connectivity index is 2.28. The number of pyridine rings is 1.